The molecule has 1 unspecified atom stereocenters. The summed E-state index contributed by atoms with van der Waals surface area (Å²) in [6.07, 6.45) is 24.6. The number of likely N-dealkylation sites (N-methyl/N-ethyl adjacent to an activating group) is 1. The van der Waals surface area contributed by atoms with Gasteiger partial charge in [0.2, 0.25) is 0 Å². The van der Waals surface area contributed by atoms with E-state index in [-0.39, 0.29) is 26.1 Å². The highest BCUT2D eigenvalue weighted by molar-refractivity contribution is 7.45. The second-order valence-electron chi connectivity index (χ2n) is 16.2. The summed E-state index contributed by atoms with van der Waals surface area (Å²) in [4.78, 5) is 37.6. The highest BCUT2D eigenvalue weighted by Gasteiger charge is 2.21. The van der Waals surface area contributed by atoms with E-state index >= 15 is 0 Å². The normalized spacial score (nSPS) is 13.4. The number of nitrogens with one attached hydrogen (secondary N) is 1. The number of esters is 2. The van der Waals surface area contributed by atoms with Crippen LogP contribution in [0.3, 0.4) is 0 Å². The van der Waals surface area contributed by atoms with E-state index in [1.165, 1.54) is 77.0 Å². The van der Waals surface area contributed by atoms with Crippen LogP contribution in [-0.4, -0.2) is 86.9 Å². The maximum atomic E-state index is 12.7. The van der Waals surface area contributed by atoms with Gasteiger partial charge in [-0.1, -0.05) is 135 Å². The summed E-state index contributed by atoms with van der Waals surface area (Å²) in [6.45, 7) is 2.79. The van der Waals surface area contributed by atoms with Crippen LogP contribution in [0.1, 0.15) is 161 Å². The maximum Gasteiger partial charge on any atom is 0.306 e. The van der Waals surface area contributed by atoms with Crippen molar-refractivity contribution in [2.24, 2.45) is 0 Å². The van der Waals surface area contributed by atoms with E-state index in [0.717, 1.165) is 81.1 Å². The molecule has 0 bridgehead atoms. The predicted molar refractivity (Wildman–Crippen MR) is 220 cm³/mol. The average Bonchev–Trinajstić information content (AvgIpc) is 3.64. The van der Waals surface area contributed by atoms with Crippen LogP contribution in [0, 0.1) is 0 Å². The van der Waals surface area contributed by atoms with Crippen molar-refractivity contribution in [1.29, 1.82) is 0 Å². The van der Waals surface area contributed by atoms with Gasteiger partial charge in [0.25, 0.3) is 7.82 Å². The molecule has 0 amide bonds. The fourth-order valence-electron chi connectivity index (χ4n) is 6.35. The van der Waals surface area contributed by atoms with Crippen molar-refractivity contribution in [2.45, 2.75) is 167 Å². The molecule has 0 aliphatic rings. The van der Waals surface area contributed by atoms with Gasteiger partial charge in [0, 0.05) is 19.4 Å². The summed E-state index contributed by atoms with van der Waals surface area (Å²) in [5.41, 5.74) is 2.45. The van der Waals surface area contributed by atoms with Crippen LogP contribution in [-0.2, 0) is 32.7 Å². The van der Waals surface area contributed by atoms with Crippen molar-refractivity contribution in [3.05, 3.63) is 18.2 Å². The number of hydrogen-bond acceptors (Lipinski definition) is 12. The quantitative estimate of drug-likeness (QED) is 0.0298. The summed E-state index contributed by atoms with van der Waals surface area (Å²) >= 11 is 0. The molecule has 0 saturated heterocycles. The van der Waals surface area contributed by atoms with E-state index in [0.29, 0.717) is 17.4 Å². The standard InChI is InChI=1S/C42H75N4O9P/c1-5-6-7-8-9-10-11-12-13-15-18-21-24-30-40(47)51-35-37(36-53-56(49,50)52-34-33-46(2,3)4)54-41(48)31-25-22-19-16-14-17-20-23-26-32-43-38-28-27-29-39-42(38)45-55-44-39/h27-29,37H,5-26,30-36H2,1-4H3,(H-,43,44,49,50)/t37-/m1/s1. The van der Waals surface area contributed by atoms with Crippen LogP contribution in [0.4, 0.5) is 5.69 Å². The molecular formula is C42H75N4O9P. The predicted octanol–water partition coefficient (Wildman–Crippen LogP) is 9.68. The number of nitrogens with zero attached hydrogens (tertiary/aromatic N) is 3. The van der Waals surface area contributed by atoms with Gasteiger partial charge in [0.15, 0.2) is 11.6 Å². The van der Waals surface area contributed by atoms with Crippen LogP contribution in [0.25, 0.3) is 11.0 Å². The number of benzene rings is 1. The molecule has 1 N–H and O–H groups in total. The number of anilines is 1. The summed E-state index contributed by atoms with van der Waals surface area (Å²) in [7, 11) is 1.13. The first-order valence-electron chi connectivity index (χ1n) is 21.7. The summed E-state index contributed by atoms with van der Waals surface area (Å²) in [5.74, 6) is -0.864. The lowest BCUT2D eigenvalue weighted by atomic mass is 10.0. The van der Waals surface area contributed by atoms with Gasteiger partial charge >= 0.3 is 11.9 Å². The van der Waals surface area contributed by atoms with Crippen LogP contribution in [0.15, 0.2) is 22.8 Å². The minimum Gasteiger partial charge on any atom is -0.756 e. The first kappa shape index (κ1) is 49.6. The number of quaternary nitrogens is 1. The molecule has 2 aromatic rings. The molecule has 0 fully saturated rings. The van der Waals surface area contributed by atoms with E-state index < -0.39 is 32.5 Å². The lowest BCUT2D eigenvalue weighted by molar-refractivity contribution is -0.870. The minimum atomic E-state index is -4.64. The molecule has 1 aromatic carbocycles. The largest absolute Gasteiger partial charge is 0.756 e. The zero-order chi connectivity index (χ0) is 40.7. The molecular weight excluding hydrogens is 735 g/mol. The Morgan fingerprint density at radius 3 is 1.84 bits per heavy atom. The molecule has 0 aliphatic carbocycles. The fraction of sp³-hybridized carbons (Fsp3) is 0.810. The van der Waals surface area contributed by atoms with Crippen molar-refractivity contribution in [1.82, 2.24) is 10.3 Å². The second-order valence-corrected chi connectivity index (χ2v) is 17.6. The average molecular weight is 811 g/mol. The third-order valence-corrected chi connectivity index (χ3v) is 10.8. The van der Waals surface area contributed by atoms with Crippen LogP contribution in [0.5, 0.6) is 0 Å². The molecule has 2 rings (SSSR count). The van der Waals surface area contributed by atoms with Crippen LogP contribution in [0.2, 0.25) is 0 Å². The molecule has 322 valence electrons. The van der Waals surface area contributed by atoms with Gasteiger partial charge < -0.3 is 33.2 Å². The van der Waals surface area contributed by atoms with Gasteiger partial charge in [-0.05, 0) is 41.7 Å². The number of hydrogen-bond donors (Lipinski definition) is 1. The summed E-state index contributed by atoms with van der Waals surface area (Å²) in [6, 6.07) is 5.80. The van der Waals surface area contributed by atoms with Crippen molar-refractivity contribution < 1.29 is 46.7 Å². The molecule has 56 heavy (non-hydrogen) atoms. The Morgan fingerprint density at radius 2 is 1.27 bits per heavy atom. The molecule has 13 nitrogen and oxygen atoms in total. The number of carbonyl (C=O) groups is 2. The maximum absolute atomic E-state index is 12.7. The van der Waals surface area contributed by atoms with Gasteiger partial charge in [-0.15, -0.1) is 0 Å². The van der Waals surface area contributed by atoms with Crippen molar-refractivity contribution >= 4 is 36.5 Å². The zero-order valence-corrected chi connectivity index (χ0v) is 36.2. The third kappa shape index (κ3) is 26.4. The lowest BCUT2D eigenvalue weighted by Crippen LogP contribution is -2.37. The number of fused-ring (bicyclic) bond motifs is 1. The fourth-order valence-corrected chi connectivity index (χ4v) is 7.08. The number of phosphoric ester groups is 1. The van der Waals surface area contributed by atoms with Gasteiger partial charge in [-0.25, -0.2) is 4.63 Å². The number of rotatable bonds is 37. The van der Waals surface area contributed by atoms with Gasteiger partial charge in [-0.3, -0.25) is 14.2 Å². The Bertz CT molecular complexity index is 1350. The Morgan fingerprint density at radius 1 is 0.732 bits per heavy atom. The zero-order valence-electron chi connectivity index (χ0n) is 35.3. The first-order chi connectivity index (χ1) is 27.0. The van der Waals surface area contributed by atoms with Crippen molar-refractivity contribution in [3.8, 4) is 0 Å². The molecule has 0 saturated carbocycles. The van der Waals surface area contributed by atoms with E-state index in [9.17, 15) is 19.0 Å². The molecule has 1 aromatic heterocycles. The Kier molecular flexibility index (Phi) is 27.0. The highest BCUT2D eigenvalue weighted by Crippen LogP contribution is 2.38. The third-order valence-electron chi connectivity index (χ3n) is 9.80. The van der Waals surface area contributed by atoms with Crippen LogP contribution >= 0.6 is 7.82 Å². The smallest absolute Gasteiger partial charge is 0.306 e. The second kappa shape index (κ2) is 30.5. The Labute approximate surface area is 337 Å². The number of ether oxygens (including phenoxy) is 2. The topological polar surface area (TPSA) is 162 Å². The van der Waals surface area contributed by atoms with E-state index in [1.54, 1.807) is 0 Å². The highest BCUT2D eigenvalue weighted by atomic mass is 31.2. The molecule has 0 radical (unpaired) electrons. The number of phosphoric acid groups is 1. The Hall–Kier alpha value is -2.57. The molecule has 14 heteroatoms. The molecule has 2 atom stereocenters. The molecule has 1 heterocycles. The van der Waals surface area contributed by atoms with E-state index in [4.69, 9.17) is 23.2 Å². The summed E-state index contributed by atoms with van der Waals surface area (Å²) < 4.78 is 38.7. The van der Waals surface area contributed by atoms with Crippen molar-refractivity contribution in [2.75, 3.05) is 59.4 Å². The lowest BCUT2D eigenvalue weighted by Gasteiger charge is -2.28. The minimum absolute atomic E-state index is 0.0403. The number of unbranched alkanes of at least 4 members (excludes halogenated alkanes) is 20. The van der Waals surface area contributed by atoms with Crippen LogP contribution < -0.4 is 10.2 Å². The van der Waals surface area contributed by atoms with Gasteiger partial charge in [-0.2, -0.15) is 0 Å². The molecule has 0 spiro atoms. The first-order valence-corrected chi connectivity index (χ1v) is 23.2. The number of carbonyl (C=O) groups excluding carboxylic acids is 2. The number of aromatic nitrogens is 2. The SMILES string of the molecule is CCCCCCCCCCCCCCCC(=O)OC[C@H](COP(=O)([O-])OCC[N+](C)(C)C)OC(=O)CCCCCCCCCCCNc1cccc2nonc12. The van der Waals surface area contributed by atoms with Gasteiger partial charge in [0.1, 0.15) is 25.3 Å². The van der Waals surface area contributed by atoms with E-state index in [1.807, 2.05) is 39.3 Å². The Balaban J connectivity index is 1.58. The summed E-state index contributed by atoms with van der Waals surface area (Å²) in [5, 5.41) is 11.3. The molecule has 0 aliphatic heterocycles. The van der Waals surface area contributed by atoms with Gasteiger partial charge in [0.05, 0.1) is 33.4 Å². The monoisotopic (exact) mass is 811 g/mol. The van der Waals surface area contributed by atoms with Crippen molar-refractivity contribution in [3.63, 3.8) is 0 Å². The van der Waals surface area contributed by atoms with E-state index in [2.05, 4.69) is 22.6 Å².